The van der Waals surface area contributed by atoms with Gasteiger partial charge >= 0.3 is 0 Å². The largest absolute Gasteiger partial charge is 0.497 e. The molecule has 0 atom stereocenters. The average Bonchev–Trinajstić information content (AvgIpc) is 2.97. The SMILES string of the molecule is COc1ccc(Cn2c(C3(c4ccc(Cl)cc4)CCC3)n[nH]c2=S)cc1. The number of benzene rings is 2. The lowest BCUT2D eigenvalue weighted by atomic mass is 9.64. The van der Waals surface area contributed by atoms with Crippen molar-refractivity contribution in [3.05, 3.63) is 75.3 Å². The minimum atomic E-state index is -0.0926. The Bertz CT molecular complexity index is 956. The molecule has 2 aromatic carbocycles. The Morgan fingerprint density at radius 3 is 2.42 bits per heavy atom. The van der Waals surface area contributed by atoms with E-state index in [-0.39, 0.29) is 5.41 Å². The summed E-state index contributed by atoms with van der Waals surface area (Å²) in [5, 5.41) is 8.38. The number of aromatic amines is 1. The Hall–Kier alpha value is -2.11. The molecule has 1 saturated carbocycles. The number of nitrogens with zero attached hydrogens (tertiary/aromatic N) is 2. The van der Waals surface area contributed by atoms with Crippen molar-refractivity contribution in [1.29, 1.82) is 0 Å². The molecule has 134 valence electrons. The van der Waals surface area contributed by atoms with Gasteiger partial charge in [0.2, 0.25) is 0 Å². The van der Waals surface area contributed by atoms with Crippen molar-refractivity contribution >= 4 is 23.8 Å². The number of hydrogen-bond acceptors (Lipinski definition) is 3. The molecule has 4 nitrogen and oxygen atoms in total. The Morgan fingerprint density at radius 1 is 1.15 bits per heavy atom. The molecule has 0 unspecified atom stereocenters. The van der Waals surface area contributed by atoms with Crippen LogP contribution in [0.2, 0.25) is 5.02 Å². The number of rotatable bonds is 5. The van der Waals surface area contributed by atoms with Crippen LogP contribution in [-0.4, -0.2) is 21.9 Å². The summed E-state index contributed by atoms with van der Waals surface area (Å²) in [7, 11) is 1.67. The van der Waals surface area contributed by atoms with E-state index in [0.717, 1.165) is 35.0 Å². The minimum Gasteiger partial charge on any atom is -0.497 e. The number of ether oxygens (including phenoxy) is 1. The van der Waals surface area contributed by atoms with Gasteiger partial charge < -0.3 is 4.74 Å². The number of methoxy groups -OCH3 is 1. The van der Waals surface area contributed by atoms with Crippen LogP contribution in [0.25, 0.3) is 0 Å². The second-order valence-electron chi connectivity index (χ2n) is 6.73. The van der Waals surface area contributed by atoms with E-state index in [4.69, 9.17) is 28.6 Å². The zero-order chi connectivity index (χ0) is 18.1. The predicted octanol–water partition coefficient (Wildman–Crippen LogP) is 5.12. The first-order chi connectivity index (χ1) is 12.6. The molecule has 0 saturated heterocycles. The van der Waals surface area contributed by atoms with E-state index in [9.17, 15) is 0 Å². The Morgan fingerprint density at radius 2 is 1.85 bits per heavy atom. The van der Waals surface area contributed by atoms with Crippen LogP contribution in [0.5, 0.6) is 5.75 Å². The third kappa shape index (κ3) is 2.95. The average molecular weight is 386 g/mol. The van der Waals surface area contributed by atoms with Crippen molar-refractivity contribution in [2.45, 2.75) is 31.2 Å². The summed E-state index contributed by atoms with van der Waals surface area (Å²) in [6, 6.07) is 16.2. The van der Waals surface area contributed by atoms with E-state index in [1.165, 1.54) is 12.0 Å². The molecule has 4 rings (SSSR count). The summed E-state index contributed by atoms with van der Waals surface area (Å²) in [4.78, 5) is 0. The summed E-state index contributed by atoms with van der Waals surface area (Å²) < 4.78 is 8.01. The highest BCUT2D eigenvalue weighted by Gasteiger charge is 2.44. The normalized spacial score (nSPS) is 15.5. The molecule has 26 heavy (non-hydrogen) atoms. The molecular formula is C20H20ClN3OS. The van der Waals surface area contributed by atoms with Crippen LogP contribution in [0.3, 0.4) is 0 Å². The van der Waals surface area contributed by atoms with Crippen LogP contribution < -0.4 is 4.74 Å². The van der Waals surface area contributed by atoms with Gasteiger partial charge in [-0.05, 0) is 60.5 Å². The molecule has 0 bridgehead atoms. The highest BCUT2D eigenvalue weighted by molar-refractivity contribution is 7.71. The fraction of sp³-hybridized carbons (Fsp3) is 0.300. The number of halogens is 1. The van der Waals surface area contributed by atoms with Crippen molar-refractivity contribution in [3.8, 4) is 5.75 Å². The van der Waals surface area contributed by atoms with Crippen LogP contribution in [0.15, 0.2) is 48.5 Å². The van der Waals surface area contributed by atoms with E-state index in [0.29, 0.717) is 11.3 Å². The zero-order valence-corrected chi connectivity index (χ0v) is 16.1. The molecule has 1 aliphatic rings. The first-order valence-electron chi connectivity index (χ1n) is 8.67. The van der Waals surface area contributed by atoms with Gasteiger partial charge in [-0.2, -0.15) is 5.10 Å². The third-order valence-corrected chi connectivity index (χ3v) is 5.85. The van der Waals surface area contributed by atoms with Gasteiger partial charge in [0.15, 0.2) is 4.77 Å². The molecule has 0 aliphatic heterocycles. The van der Waals surface area contributed by atoms with Crippen LogP contribution in [0.4, 0.5) is 0 Å². The maximum atomic E-state index is 6.08. The predicted molar refractivity (Wildman–Crippen MR) is 106 cm³/mol. The lowest BCUT2D eigenvalue weighted by Crippen LogP contribution is -2.38. The maximum Gasteiger partial charge on any atom is 0.195 e. The molecule has 0 radical (unpaired) electrons. The van der Waals surface area contributed by atoms with Gasteiger partial charge in [-0.3, -0.25) is 9.67 Å². The van der Waals surface area contributed by atoms with Crippen molar-refractivity contribution in [1.82, 2.24) is 14.8 Å². The lowest BCUT2D eigenvalue weighted by molar-refractivity contribution is 0.276. The maximum absolute atomic E-state index is 6.08. The van der Waals surface area contributed by atoms with Crippen molar-refractivity contribution in [2.24, 2.45) is 0 Å². The second kappa shape index (κ2) is 6.89. The van der Waals surface area contributed by atoms with E-state index < -0.39 is 0 Å². The molecular weight excluding hydrogens is 366 g/mol. The lowest BCUT2D eigenvalue weighted by Gasteiger charge is -2.41. The fourth-order valence-corrected chi connectivity index (χ4v) is 4.01. The van der Waals surface area contributed by atoms with Gasteiger partial charge in [0.1, 0.15) is 11.6 Å². The first-order valence-corrected chi connectivity index (χ1v) is 9.46. The Labute approximate surface area is 162 Å². The van der Waals surface area contributed by atoms with E-state index in [2.05, 4.69) is 39.0 Å². The van der Waals surface area contributed by atoms with Crippen LogP contribution >= 0.6 is 23.8 Å². The van der Waals surface area contributed by atoms with Gasteiger partial charge in [0, 0.05) is 5.02 Å². The van der Waals surface area contributed by atoms with Gasteiger partial charge in [-0.15, -0.1) is 0 Å². The molecule has 0 amide bonds. The summed E-state index contributed by atoms with van der Waals surface area (Å²) in [6.45, 7) is 0.685. The first kappa shape index (κ1) is 17.3. The van der Waals surface area contributed by atoms with E-state index in [1.807, 2.05) is 24.3 Å². The molecule has 1 heterocycles. The summed E-state index contributed by atoms with van der Waals surface area (Å²) in [5.74, 6) is 1.85. The van der Waals surface area contributed by atoms with E-state index in [1.54, 1.807) is 7.11 Å². The number of H-pyrrole nitrogens is 1. The highest BCUT2D eigenvalue weighted by atomic mass is 35.5. The monoisotopic (exact) mass is 385 g/mol. The third-order valence-electron chi connectivity index (χ3n) is 5.29. The summed E-state index contributed by atoms with van der Waals surface area (Å²) >= 11 is 11.6. The van der Waals surface area contributed by atoms with Crippen LogP contribution in [0, 0.1) is 4.77 Å². The molecule has 0 spiro atoms. The summed E-state index contributed by atoms with van der Waals surface area (Å²) in [6.07, 6.45) is 3.32. The van der Waals surface area contributed by atoms with E-state index >= 15 is 0 Å². The Balaban J connectivity index is 1.73. The molecule has 3 aromatic rings. The smallest absolute Gasteiger partial charge is 0.195 e. The zero-order valence-electron chi connectivity index (χ0n) is 14.5. The highest BCUT2D eigenvalue weighted by Crippen LogP contribution is 2.48. The van der Waals surface area contributed by atoms with Gasteiger partial charge in [0.25, 0.3) is 0 Å². The van der Waals surface area contributed by atoms with Crippen molar-refractivity contribution in [2.75, 3.05) is 7.11 Å². The second-order valence-corrected chi connectivity index (χ2v) is 7.55. The standard InChI is InChI=1S/C20H20ClN3OS/c1-25-17-9-3-14(4-10-17)13-24-18(22-23-19(24)26)20(11-2-12-20)15-5-7-16(21)8-6-15/h3-10H,2,11-13H2,1H3,(H,23,26). The van der Waals surface area contributed by atoms with Gasteiger partial charge in [0.05, 0.1) is 19.1 Å². The molecule has 1 aromatic heterocycles. The van der Waals surface area contributed by atoms with Crippen LogP contribution in [-0.2, 0) is 12.0 Å². The molecule has 1 fully saturated rings. The molecule has 1 N–H and O–H groups in total. The number of hydrogen-bond donors (Lipinski definition) is 1. The van der Waals surface area contributed by atoms with Crippen molar-refractivity contribution < 1.29 is 4.74 Å². The molecule has 1 aliphatic carbocycles. The number of nitrogens with one attached hydrogen (secondary N) is 1. The number of aromatic nitrogens is 3. The van der Waals surface area contributed by atoms with Gasteiger partial charge in [-0.25, -0.2) is 0 Å². The van der Waals surface area contributed by atoms with Crippen LogP contribution in [0.1, 0.15) is 36.2 Å². The fourth-order valence-electron chi connectivity index (χ4n) is 3.68. The Kier molecular flexibility index (Phi) is 4.59. The minimum absolute atomic E-state index is 0.0926. The molecule has 6 heteroatoms. The van der Waals surface area contributed by atoms with Gasteiger partial charge in [-0.1, -0.05) is 42.3 Å². The topological polar surface area (TPSA) is 42.8 Å². The van der Waals surface area contributed by atoms with Crippen molar-refractivity contribution in [3.63, 3.8) is 0 Å². The summed E-state index contributed by atoms with van der Waals surface area (Å²) in [5.41, 5.74) is 2.32. The quantitative estimate of drug-likeness (QED) is 0.620.